The van der Waals surface area contributed by atoms with E-state index in [-0.39, 0.29) is 11.6 Å². The summed E-state index contributed by atoms with van der Waals surface area (Å²) in [5, 5.41) is 11.7. The van der Waals surface area contributed by atoms with Crippen LogP contribution in [0.4, 0.5) is 11.4 Å². The van der Waals surface area contributed by atoms with E-state index >= 15 is 0 Å². The number of aliphatic hydroxyl groups excluding tert-OH is 1. The van der Waals surface area contributed by atoms with E-state index in [2.05, 4.69) is 25.8 Å². The molecule has 7 nitrogen and oxygen atoms in total. The Morgan fingerprint density at radius 2 is 1.56 bits per heavy atom. The third kappa shape index (κ3) is 3.91. The molecule has 1 aromatic heterocycles. The van der Waals surface area contributed by atoms with Crippen molar-refractivity contribution in [2.75, 3.05) is 4.90 Å². The van der Waals surface area contributed by atoms with Gasteiger partial charge in [0.25, 0.3) is 5.56 Å². The maximum Gasteiger partial charge on any atom is 0.266 e. The number of nitrogens with one attached hydrogen (secondary N) is 1. The molecule has 1 aromatic carbocycles. The molecule has 7 rings (SSSR count). The average molecular weight is 488 g/mol. The first-order valence-corrected chi connectivity index (χ1v) is 14.1. The van der Waals surface area contributed by atoms with E-state index in [1.54, 1.807) is 6.20 Å². The van der Waals surface area contributed by atoms with Crippen LogP contribution in [0.3, 0.4) is 0 Å². The van der Waals surface area contributed by atoms with Crippen LogP contribution in [-0.4, -0.2) is 56.1 Å². The van der Waals surface area contributed by atoms with Crippen LogP contribution in [0.15, 0.2) is 46.4 Å². The van der Waals surface area contributed by atoms with Crippen LogP contribution in [0.1, 0.15) is 76.3 Å². The van der Waals surface area contributed by atoms with Crippen LogP contribution in [0.2, 0.25) is 0 Å². The molecule has 4 fully saturated rings. The molecule has 2 aliphatic carbocycles. The topological polar surface area (TPSA) is 84.8 Å². The number of benzene rings is 1. The van der Waals surface area contributed by atoms with Gasteiger partial charge in [-0.3, -0.25) is 14.7 Å². The number of para-hydroxylation sites is 2. The van der Waals surface area contributed by atoms with Gasteiger partial charge in [-0.05, 0) is 68.9 Å². The first-order chi connectivity index (χ1) is 17.6. The lowest BCUT2D eigenvalue weighted by Gasteiger charge is -2.57. The van der Waals surface area contributed by atoms with Crippen molar-refractivity contribution >= 4 is 17.1 Å². The van der Waals surface area contributed by atoms with E-state index in [1.165, 1.54) is 64.0 Å². The number of nitrogens with zero attached hydrogens (tertiary/aromatic N) is 4. The van der Waals surface area contributed by atoms with Gasteiger partial charge in [0, 0.05) is 24.2 Å². The summed E-state index contributed by atoms with van der Waals surface area (Å²) < 4.78 is 0. The molecule has 190 valence electrons. The highest BCUT2D eigenvalue weighted by Crippen LogP contribution is 2.47. The van der Waals surface area contributed by atoms with Gasteiger partial charge in [0.1, 0.15) is 5.71 Å². The summed E-state index contributed by atoms with van der Waals surface area (Å²) >= 11 is 0. The number of aliphatic imine (C=N–C) groups is 1. The molecule has 36 heavy (non-hydrogen) atoms. The van der Waals surface area contributed by atoms with Gasteiger partial charge < -0.3 is 15.0 Å². The van der Waals surface area contributed by atoms with Crippen LogP contribution >= 0.6 is 0 Å². The van der Waals surface area contributed by atoms with Crippen LogP contribution in [0.5, 0.6) is 0 Å². The number of anilines is 1. The molecule has 2 saturated carbocycles. The van der Waals surface area contributed by atoms with E-state index in [9.17, 15) is 9.90 Å². The van der Waals surface area contributed by atoms with Crippen molar-refractivity contribution in [3.05, 3.63) is 52.7 Å². The van der Waals surface area contributed by atoms with Crippen molar-refractivity contribution in [1.29, 1.82) is 0 Å². The second-order valence-electron chi connectivity index (χ2n) is 11.9. The molecule has 4 bridgehead atoms. The summed E-state index contributed by atoms with van der Waals surface area (Å²) in [7, 11) is 0. The Balaban J connectivity index is 1.19. The number of aliphatic hydroxyl groups is 1. The highest BCUT2D eigenvalue weighted by Gasteiger charge is 2.47. The van der Waals surface area contributed by atoms with Crippen LogP contribution < -0.4 is 10.5 Å². The minimum Gasteiger partial charge on any atom is -0.368 e. The van der Waals surface area contributed by atoms with Gasteiger partial charge in [0.2, 0.25) is 0 Å². The van der Waals surface area contributed by atoms with Gasteiger partial charge in [0.15, 0.2) is 6.23 Å². The van der Waals surface area contributed by atoms with Crippen molar-refractivity contribution in [2.45, 2.75) is 101 Å². The Hall–Kier alpha value is -2.51. The highest BCUT2D eigenvalue weighted by molar-refractivity contribution is 6.07. The SMILES string of the molecule is O=c1cncc(C2=Nc3ccccc3N(C3C[C@H]4CCC[C@@H](C3)N4C3C[C@H]4CCC[C@@H](C3)C4)C2O)[nH]1. The molecule has 0 spiro atoms. The Labute approximate surface area is 212 Å². The lowest BCUT2D eigenvalue weighted by molar-refractivity contribution is -0.0430. The van der Waals surface area contributed by atoms with Crippen molar-refractivity contribution in [1.82, 2.24) is 14.9 Å². The molecule has 0 radical (unpaired) electrons. The molecule has 2 saturated heterocycles. The monoisotopic (exact) mass is 487 g/mol. The van der Waals surface area contributed by atoms with Crippen LogP contribution in [-0.2, 0) is 0 Å². The number of hydrogen-bond donors (Lipinski definition) is 2. The van der Waals surface area contributed by atoms with E-state index in [0.29, 0.717) is 23.5 Å². The first kappa shape index (κ1) is 22.7. The molecule has 5 aliphatic rings. The van der Waals surface area contributed by atoms with Crippen molar-refractivity contribution < 1.29 is 5.11 Å². The van der Waals surface area contributed by atoms with E-state index in [0.717, 1.165) is 42.1 Å². The number of rotatable bonds is 3. The van der Waals surface area contributed by atoms with Gasteiger partial charge in [-0.1, -0.05) is 37.8 Å². The Bertz CT molecular complexity index is 1180. The summed E-state index contributed by atoms with van der Waals surface area (Å²) in [6.07, 6.45) is 16.5. The van der Waals surface area contributed by atoms with Crippen LogP contribution in [0.25, 0.3) is 0 Å². The standard InChI is InChI=1S/C29H37N5O2/c35-27-17-30-16-25(31-27)28-29(36)34(26-10-2-1-9-24(26)32-28)23-14-20-7-4-8-21(15-23)33(20)22-12-18-5-3-6-19(11-18)13-22/h1-2,9-10,16-23,29,36H,3-8,11-15H2,(H,31,35)/t18-,19+,20-,21+,22?,23?,29?. The number of hydrogen-bond acceptors (Lipinski definition) is 6. The Morgan fingerprint density at radius 1 is 0.833 bits per heavy atom. The molecule has 0 amide bonds. The fourth-order valence-corrected chi connectivity index (χ4v) is 8.48. The minimum atomic E-state index is -0.911. The molecule has 7 atom stereocenters. The number of aromatic nitrogens is 2. The molecule has 3 unspecified atom stereocenters. The molecule has 2 N–H and O–H groups in total. The predicted octanol–water partition coefficient (Wildman–Crippen LogP) is 4.38. The maximum absolute atomic E-state index is 12.0. The van der Waals surface area contributed by atoms with Crippen molar-refractivity contribution in [3.63, 3.8) is 0 Å². The first-order valence-electron chi connectivity index (χ1n) is 14.1. The smallest absolute Gasteiger partial charge is 0.266 e. The average Bonchev–Trinajstić information content (AvgIpc) is 2.87. The van der Waals surface area contributed by atoms with Crippen molar-refractivity contribution in [3.8, 4) is 0 Å². The summed E-state index contributed by atoms with van der Waals surface area (Å²) in [5.41, 5.74) is 2.51. The van der Waals surface area contributed by atoms with Crippen LogP contribution in [0, 0.1) is 11.8 Å². The fourth-order valence-electron chi connectivity index (χ4n) is 8.48. The van der Waals surface area contributed by atoms with Crippen molar-refractivity contribution in [2.24, 2.45) is 16.8 Å². The van der Waals surface area contributed by atoms with Gasteiger partial charge in [-0.25, -0.2) is 4.99 Å². The summed E-state index contributed by atoms with van der Waals surface area (Å²) in [4.78, 5) is 28.8. The third-order valence-electron chi connectivity index (χ3n) is 9.76. The lowest BCUT2D eigenvalue weighted by Crippen LogP contribution is -2.63. The molecule has 4 heterocycles. The van der Waals surface area contributed by atoms with E-state index in [1.807, 2.05) is 18.2 Å². The zero-order valence-corrected chi connectivity index (χ0v) is 20.9. The number of fused-ring (bicyclic) bond motifs is 5. The second kappa shape index (κ2) is 9.10. The van der Waals surface area contributed by atoms with Gasteiger partial charge in [-0.15, -0.1) is 0 Å². The van der Waals surface area contributed by atoms with E-state index in [4.69, 9.17) is 4.99 Å². The molecule has 7 heteroatoms. The maximum atomic E-state index is 12.0. The third-order valence-corrected chi connectivity index (χ3v) is 9.76. The summed E-state index contributed by atoms with van der Waals surface area (Å²) in [6.45, 7) is 0. The van der Waals surface area contributed by atoms with Gasteiger partial charge in [-0.2, -0.15) is 0 Å². The van der Waals surface area contributed by atoms with Gasteiger partial charge in [0.05, 0.1) is 29.5 Å². The number of aromatic amines is 1. The molecule has 2 aromatic rings. The highest BCUT2D eigenvalue weighted by atomic mass is 16.3. The molecule has 3 aliphatic heterocycles. The lowest BCUT2D eigenvalue weighted by atomic mass is 9.68. The normalized spacial score (nSPS) is 36.2. The molecular formula is C29H37N5O2. The quantitative estimate of drug-likeness (QED) is 0.671. The number of piperidine rings is 2. The summed E-state index contributed by atoms with van der Waals surface area (Å²) in [6, 6.07) is 10.3. The predicted molar refractivity (Wildman–Crippen MR) is 141 cm³/mol. The Kier molecular flexibility index (Phi) is 5.73. The zero-order chi connectivity index (χ0) is 24.2. The summed E-state index contributed by atoms with van der Waals surface area (Å²) in [5.74, 6) is 1.88. The zero-order valence-electron chi connectivity index (χ0n) is 20.9. The minimum absolute atomic E-state index is 0.240. The molecular weight excluding hydrogens is 450 g/mol. The number of H-pyrrole nitrogens is 1. The van der Waals surface area contributed by atoms with Gasteiger partial charge >= 0.3 is 0 Å². The largest absolute Gasteiger partial charge is 0.368 e. The Morgan fingerprint density at radius 3 is 2.31 bits per heavy atom. The second-order valence-corrected chi connectivity index (χ2v) is 11.9. The van der Waals surface area contributed by atoms with E-state index < -0.39 is 6.23 Å². The fraction of sp³-hybridized carbons (Fsp3) is 0.621.